The lowest BCUT2D eigenvalue weighted by Crippen LogP contribution is -2.57. The molecular formula is C27H43NO2. The van der Waals surface area contributed by atoms with Gasteiger partial charge in [-0.3, -0.25) is 0 Å². The van der Waals surface area contributed by atoms with Crippen molar-refractivity contribution in [1.82, 2.24) is 5.32 Å². The Hall–Kier alpha value is -0.380. The summed E-state index contributed by atoms with van der Waals surface area (Å²) >= 11 is 0. The SMILES string of the molecule is C[C@@H]1CN[C@H]2[C@@H](C)[C@@]3(CC[C@H]4[C@@H]5CC=C6C[C@@H](O)CC[C@]6(C)[C@H]5CC[C@@]43C)O[C@@H]2C1. The first-order valence-electron chi connectivity index (χ1n) is 13.1. The van der Waals surface area contributed by atoms with Crippen LogP contribution in [-0.4, -0.2) is 35.5 Å². The summed E-state index contributed by atoms with van der Waals surface area (Å²) in [6.45, 7) is 11.2. The lowest BCUT2D eigenvalue weighted by atomic mass is 9.46. The lowest BCUT2D eigenvalue weighted by molar-refractivity contribution is -0.164. The molecule has 30 heavy (non-hydrogen) atoms. The van der Waals surface area contributed by atoms with Crippen LogP contribution in [0.15, 0.2) is 11.6 Å². The third-order valence-electron chi connectivity index (χ3n) is 11.6. The molecule has 2 saturated heterocycles. The number of piperidine rings is 1. The van der Waals surface area contributed by atoms with E-state index >= 15 is 0 Å². The van der Waals surface area contributed by atoms with E-state index < -0.39 is 0 Å². The maximum absolute atomic E-state index is 10.3. The molecule has 0 aromatic heterocycles. The van der Waals surface area contributed by atoms with E-state index in [1.54, 1.807) is 5.57 Å². The van der Waals surface area contributed by atoms with Crippen molar-refractivity contribution in [2.75, 3.05) is 6.54 Å². The van der Waals surface area contributed by atoms with Crippen LogP contribution >= 0.6 is 0 Å². The molecule has 0 radical (unpaired) electrons. The summed E-state index contributed by atoms with van der Waals surface area (Å²) in [4.78, 5) is 0. The van der Waals surface area contributed by atoms with Gasteiger partial charge in [-0.05, 0) is 93.4 Å². The molecule has 5 fully saturated rings. The fourth-order valence-corrected chi connectivity index (χ4v) is 10.00. The van der Waals surface area contributed by atoms with Crippen molar-refractivity contribution in [2.24, 2.45) is 40.4 Å². The van der Waals surface area contributed by atoms with Crippen LogP contribution in [0.3, 0.4) is 0 Å². The molecule has 11 atom stereocenters. The predicted octanol–water partition coefficient (Wildman–Crippen LogP) is 5.08. The first kappa shape index (κ1) is 20.2. The van der Waals surface area contributed by atoms with E-state index in [-0.39, 0.29) is 11.7 Å². The maximum Gasteiger partial charge on any atom is 0.0784 e. The van der Waals surface area contributed by atoms with Crippen LogP contribution in [0.4, 0.5) is 0 Å². The van der Waals surface area contributed by atoms with E-state index in [1.807, 2.05) is 0 Å². The Kier molecular flexibility index (Phi) is 4.44. The average molecular weight is 414 g/mol. The topological polar surface area (TPSA) is 41.5 Å². The third kappa shape index (κ3) is 2.44. The fourth-order valence-electron chi connectivity index (χ4n) is 10.00. The Labute approximate surface area is 183 Å². The van der Waals surface area contributed by atoms with Crippen molar-refractivity contribution in [3.05, 3.63) is 11.6 Å². The van der Waals surface area contributed by atoms with Gasteiger partial charge in [0.15, 0.2) is 0 Å². The Morgan fingerprint density at radius 2 is 1.87 bits per heavy atom. The zero-order valence-corrected chi connectivity index (χ0v) is 19.6. The molecule has 0 aromatic rings. The van der Waals surface area contributed by atoms with Crippen molar-refractivity contribution in [1.29, 1.82) is 0 Å². The number of rotatable bonds is 0. The third-order valence-corrected chi connectivity index (χ3v) is 11.6. The molecule has 0 bridgehead atoms. The average Bonchev–Trinajstić information content (AvgIpc) is 3.17. The molecule has 2 heterocycles. The van der Waals surface area contributed by atoms with Crippen LogP contribution in [0.5, 0.6) is 0 Å². The lowest BCUT2D eigenvalue weighted by Gasteiger charge is -2.59. The van der Waals surface area contributed by atoms with Gasteiger partial charge in [0.05, 0.1) is 17.8 Å². The number of allylic oxidation sites excluding steroid dienone is 1. The van der Waals surface area contributed by atoms with E-state index in [0.717, 1.165) is 43.1 Å². The highest BCUT2D eigenvalue weighted by atomic mass is 16.5. The molecular weight excluding hydrogens is 370 g/mol. The Balaban J connectivity index is 1.32. The van der Waals surface area contributed by atoms with E-state index in [4.69, 9.17) is 4.74 Å². The number of hydrogen-bond acceptors (Lipinski definition) is 3. The molecule has 0 amide bonds. The van der Waals surface area contributed by atoms with Crippen LogP contribution in [0, 0.1) is 40.4 Å². The molecule has 3 saturated carbocycles. The Morgan fingerprint density at radius 1 is 1.07 bits per heavy atom. The van der Waals surface area contributed by atoms with Crippen molar-refractivity contribution >= 4 is 0 Å². The van der Waals surface area contributed by atoms with E-state index in [9.17, 15) is 5.11 Å². The minimum absolute atomic E-state index is 0.0860. The van der Waals surface area contributed by atoms with Gasteiger partial charge in [-0.1, -0.05) is 39.3 Å². The molecule has 6 rings (SSSR count). The van der Waals surface area contributed by atoms with Crippen molar-refractivity contribution in [3.8, 4) is 0 Å². The van der Waals surface area contributed by atoms with Gasteiger partial charge in [0.25, 0.3) is 0 Å². The van der Waals surface area contributed by atoms with Crippen LogP contribution in [0.1, 0.15) is 85.5 Å². The van der Waals surface area contributed by atoms with Crippen LogP contribution in [-0.2, 0) is 4.74 Å². The standard InChI is InChI=1S/C27H43NO2/c1-16-13-23-24(28-15-16)17(2)27(30-23)12-9-22-20-6-5-18-14-19(29)7-10-25(18,3)21(20)8-11-26(22,27)4/h5,16-17,19-24,28-29H,6-15H2,1-4H3/t16-,17+,19-,20+,21-,22-,23+,24-,25-,26-,27+/m0/s1. The molecule has 3 heteroatoms. The normalized spacial score (nSPS) is 59.8. The van der Waals surface area contributed by atoms with Gasteiger partial charge in [0.2, 0.25) is 0 Å². The van der Waals surface area contributed by atoms with Crippen molar-refractivity contribution < 1.29 is 9.84 Å². The molecule has 4 aliphatic carbocycles. The maximum atomic E-state index is 10.3. The molecule has 2 N–H and O–H groups in total. The Bertz CT molecular complexity index is 749. The van der Waals surface area contributed by atoms with Gasteiger partial charge < -0.3 is 15.2 Å². The van der Waals surface area contributed by atoms with Gasteiger partial charge in [-0.15, -0.1) is 0 Å². The van der Waals surface area contributed by atoms with Gasteiger partial charge in [0.1, 0.15) is 0 Å². The van der Waals surface area contributed by atoms with E-state index in [2.05, 4.69) is 39.1 Å². The van der Waals surface area contributed by atoms with Crippen LogP contribution in [0.2, 0.25) is 0 Å². The number of aliphatic hydroxyl groups excluding tert-OH is 1. The van der Waals surface area contributed by atoms with Gasteiger partial charge in [0, 0.05) is 17.4 Å². The van der Waals surface area contributed by atoms with Crippen LogP contribution in [0.25, 0.3) is 0 Å². The fraction of sp³-hybridized carbons (Fsp3) is 0.926. The number of fused-ring (bicyclic) bond motifs is 7. The minimum atomic E-state index is -0.101. The summed E-state index contributed by atoms with van der Waals surface area (Å²) in [7, 11) is 0. The largest absolute Gasteiger partial charge is 0.393 e. The smallest absolute Gasteiger partial charge is 0.0784 e. The Morgan fingerprint density at radius 3 is 2.70 bits per heavy atom. The number of nitrogens with one attached hydrogen (secondary N) is 1. The summed E-state index contributed by atoms with van der Waals surface area (Å²) in [6, 6.07) is 0.560. The zero-order chi connectivity index (χ0) is 20.9. The van der Waals surface area contributed by atoms with Gasteiger partial charge in [-0.2, -0.15) is 0 Å². The quantitative estimate of drug-likeness (QED) is 0.544. The second kappa shape index (κ2) is 6.58. The van der Waals surface area contributed by atoms with Crippen LogP contribution < -0.4 is 5.32 Å². The van der Waals surface area contributed by atoms with Crippen molar-refractivity contribution in [2.45, 2.75) is 109 Å². The summed E-state index contributed by atoms with van der Waals surface area (Å²) < 4.78 is 7.18. The highest BCUT2D eigenvalue weighted by Gasteiger charge is 2.70. The molecule has 0 unspecified atom stereocenters. The number of aliphatic hydroxyl groups is 1. The second-order valence-electron chi connectivity index (χ2n) is 12.8. The molecule has 1 spiro atoms. The minimum Gasteiger partial charge on any atom is -0.393 e. The first-order valence-corrected chi connectivity index (χ1v) is 13.1. The van der Waals surface area contributed by atoms with Gasteiger partial charge in [-0.25, -0.2) is 0 Å². The number of ether oxygens (including phenoxy) is 1. The zero-order valence-electron chi connectivity index (χ0n) is 19.6. The molecule has 0 aromatic carbocycles. The van der Waals surface area contributed by atoms with E-state index in [0.29, 0.717) is 28.9 Å². The summed E-state index contributed by atoms with van der Waals surface area (Å²) in [5.41, 5.74) is 2.34. The highest BCUT2D eigenvalue weighted by molar-refractivity contribution is 5.27. The monoisotopic (exact) mass is 413 g/mol. The molecule has 168 valence electrons. The number of hydrogen-bond donors (Lipinski definition) is 2. The molecule has 6 aliphatic rings. The second-order valence-corrected chi connectivity index (χ2v) is 12.8. The molecule has 2 aliphatic heterocycles. The van der Waals surface area contributed by atoms with Crippen molar-refractivity contribution in [3.63, 3.8) is 0 Å². The molecule has 3 nitrogen and oxygen atoms in total. The first-order chi connectivity index (χ1) is 14.3. The predicted molar refractivity (Wildman–Crippen MR) is 120 cm³/mol. The summed E-state index contributed by atoms with van der Waals surface area (Å²) in [5, 5.41) is 14.2. The summed E-state index contributed by atoms with van der Waals surface area (Å²) in [5.74, 6) is 3.79. The highest BCUT2D eigenvalue weighted by Crippen LogP contribution is 2.70. The summed E-state index contributed by atoms with van der Waals surface area (Å²) in [6.07, 6.45) is 13.8. The van der Waals surface area contributed by atoms with Gasteiger partial charge >= 0.3 is 0 Å². The van der Waals surface area contributed by atoms with E-state index in [1.165, 1.54) is 44.9 Å².